The van der Waals surface area contributed by atoms with Crippen LogP contribution in [0.3, 0.4) is 0 Å². The minimum Gasteiger partial charge on any atom is -0.475 e. The maximum absolute atomic E-state index is 14.4. The quantitative estimate of drug-likeness (QED) is 0.0564. The highest BCUT2D eigenvalue weighted by Gasteiger charge is 2.52. The Morgan fingerprint density at radius 1 is 0.926 bits per heavy atom. The van der Waals surface area contributed by atoms with Gasteiger partial charge in [0, 0.05) is 87.0 Å². The van der Waals surface area contributed by atoms with E-state index >= 15 is 0 Å². The predicted octanol–water partition coefficient (Wildman–Crippen LogP) is 10.2. The number of ether oxygens (including phenoxy) is 6. The number of carbonyl (C=O) groups is 4. The number of pyridine rings is 1. The van der Waals surface area contributed by atoms with Crippen LogP contribution in [0.15, 0.2) is 76.9 Å². The van der Waals surface area contributed by atoms with Crippen molar-refractivity contribution in [3.05, 3.63) is 101 Å². The highest BCUT2D eigenvalue weighted by molar-refractivity contribution is 7.13. The largest absolute Gasteiger partial charge is 0.475 e. The maximum Gasteiger partial charge on any atom is 0.410 e. The fourth-order valence-corrected chi connectivity index (χ4v) is 19.5. The van der Waals surface area contributed by atoms with Gasteiger partial charge in [-0.3, -0.25) is 19.5 Å². The predicted molar refractivity (Wildman–Crippen MR) is 358 cm³/mol. The fourth-order valence-electron chi connectivity index (χ4n) is 15.7. The number of amides is 4. The second-order valence-electron chi connectivity index (χ2n) is 28.3. The lowest BCUT2D eigenvalue weighted by Gasteiger charge is -2.42. The number of anilines is 1. The summed E-state index contributed by atoms with van der Waals surface area (Å²) < 4.78 is 44.8. The number of aliphatic hydroxyl groups excluding tert-OH is 1. The van der Waals surface area contributed by atoms with Crippen LogP contribution in [0, 0.1) is 18.8 Å². The Hall–Kier alpha value is -7.97. The number of hydrogen-bond acceptors (Lipinski definition) is 20. The molecule has 4 amide bonds. The molecule has 6 fully saturated rings. The summed E-state index contributed by atoms with van der Waals surface area (Å²) in [7, 11) is 0.333. The Balaban J connectivity index is 0.604. The molecule has 6 saturated heterocycles. The molecule has 2 bridgehead atoms. The van der Waals surface area contributed by atoms with Crippen LogP contribution in [-0.4, -0.2) is 190 Å². The van der Waals surface area contributed by atoms with Gasteiger partial charge in [-0.1, -0.05) is 63.2 Å². The highest BCUT2D eigenvalue weighted by Crippen LogP contribution is 2.50. The summed E-state index contributed by atoms with van der Waals surface area (Å²) in [6, 6.07) is 20.0. The van der Waals surface area contributed by atoms with Crippen LogP contribution in [0.25, 0.3) is 43.4 Å². The van der Waals surface area contributed by atoms with Crippen LogP contribution in [0.2, 0.25) is 6.04 Å². The Kier molecular flexibility index (Phi) is 17.5. The number of β-amino-alcohol motifs (C(OH)–C–C–N with tert-alkyl or cyclic N) is 1. The first-order chi connectivity index (χ1) is 45.7. The normalized spacial score (nSPS) is 23.3. The third kappa shape index (κ3) is 12.4. The first kappa shape index (κ1) is 64.4. The third-order valence-corrected chi connectivity index (χ3v) is 24.1. The standard InChI is InChI=1S/C70H84N11O12SSi/c1-39(2)57(65(84)79-33-49(82)25-54(79)64(83)73-41(4)44-14-16-45(17-15-44)62-42(5)72-36-94-62)55-27-56(76-93-55)88-34-43-29-78(30-43)67(85)91-38-95-23-21-70(20-11-22-80(70)95)35-89-66-74-61-53(63(75-66)77-31-47-18-19-48(32-77)81(47)68(86)92-69(6,7)8)28-71-60-52-26-50(90-37-87-9)24-46-12-10-13-51(59(46)52)40(3)58(60)61/h10,12-17,24,26-28,36,39-41,43,47-49,54,57,82H,11,18-23,25,29-35,37-38H2,1-9H3,(H,73,83)/t40?,41-,47?,48?,49+,54-,57+,70-/m0/s1. The van der Waals surface area contributed by atoms with Gasteiger partial charge in [0.05, 0.1) is 69.7 Å². The van der Waals surface area contributed by atoms with Crippen molar-refractivity contribution in [1.82, 2.24) is 49.7 Å². The molecule has 95 heavy (non-hydrogen) atoms. The van der Waals surface area contributed by atoms with Gasteiger partial charge in [0.15, 0.2) is 21.5 Å². The Labute approximate surface area is 558 Å². The minimum absolute atomic E-state index is 0.0151. The van der Waals surface area contributed by atoms with Crippen molar-refractivity contribution in [3.8, 4) is 39.3 Å². The summed E-state index contributed by atoms with van der Waals surface area (Å²) >= 11 is 1.58. The van der Waals surface area contributed by atoms with Gasteiger partial charge in [-0.15, -0.1) is 11.3 Å². The summed E-state index contributed by atoms with van der Waals surface area (Å²) in [6.45, 7) is 19.3. The number of aryl methyl sites for hydroxylation is 1. The molecular weight excluding hydrogens is 1250 g/mol. The van der Waals surface area contributed by atoms with E-state index in [1.165, 1.54) is 10.5 Å². The van der Waals surface area contributed by atoms with Gasteiger partial charge < -0.3 is 62.6 Å². The molecule has 7 aromatic rings. The van der Waals surface area contributed by atoms with Gasteiger partial charge >= 0.3 is 18.2 Å². The molecule has 2 N–H and O–H groups in total. The number of benzene rings is 3. The van der Waals surface area contributed by atoms with Crippen LogP contribution in [0.5, 0.6) is 17.6 Å². The summed E-state index contributed by atoms with van der Waals surface area (Å²) in [6.07, 6.45) is 5.46. The Morgan fingerprint density at radius 2 is 1.72 bits per heavy atom. The lowest BCUT2D eigenvalue weighted by atomic mass is 9.79. The van der Waals surface area contributed by atoms with Crippen molar-refractivity contribution in [3.63, 3.8) is 0 Å². The van der Waals surface area contributed by atoms with Crippen molar-refractivity contribution in [2.45, 2.75) is 153 Å². The van der Waals surface area contributed by atoms with Crippen molar-refractivity contribution < 1.29 is 57.2 Å². The zero-order chi connectivity index (χ0) is 66.2. The molecule has 6 aliphatic heterocycles. The van der Waals surface area contributed by atoms with E-state index in [2.05, 4.69) is 56.1 Å². The van der Waals surface area contributed by atoms with Crippen LogP contribution in [0.4, 0.5) is 15.4 Å². The molecule has 4 aromatic heterocycles. The zero-order valence-corrected chi connectivity index (χ0v) is 57.3. The maximum atomic E-state index is 14.4. The topological polar surface area (TPSA) is 250 Å². The molecule has 0 spiro atoms. The first-order valence-electron chi connectivity index (χ1n) is 33.4. The van der Waals surface area contributed by atoms with E-state index in [4.69, 9.17) is 47.9 Å². The van der Waals surface area contributed by atoms with Gasteiger partial charge in [-0.05, 0) is 130 Å². The van der Waals surface area contributed by atoms with Crippen LogP contribution in [0.1, 0.15) is 133 Å². The zero-order valence-electron chi connectivity index (χ0n) is 55.5. The van der Waals surface area contributed by atoms with Gasteiger partial charge in [-0.2, -0.15) is 9.97 Å². The second-order valence-corrected chi connectivity index (χ2v) is 31.6. The molecule has 0 saturated carbocycles. The molecule has 3 unspecified atom stereocenters. The highest BCUT2D eigenvalue weighted by atomic mass is 32.1. The lowest BCUT2D eigenvalue weighted by Crippen LogP contribution is -2.57. The van der Waals surface area contributed by atoms with E-state index in [1.54, 1.807) is 29.4 Å². The lowest BCUT2D eigenvalue weighted by molar-refractivity contribution is -0.141. The summed E-state index contributed by atoms with van der Waals surface area (Å²) in [5.41, 5.74) is 8.62. The number of hydrogen-bond donors (Lipinski definition) is 2. The summed E-state index contributed by atoms with van der Waals surface area (Å²) in [5.74, 6) is 0.207. The number of thiazole rings is 1. The average Bonchev–Trinajstić information content (AvgIpc) is 1.53. The monoisotopic (exact) mass is 1330 g/mol. The van der Waals surface area contributed by atoms with E-state index < -0.39 is 32.6 Å². The second kappa shape index (κ2) is 25.9. The van der Waals surface area contributed by atoms with Crippen molar-refractivity contribution in [2.75, 3.05) is 77.5 Å². The summed E-state index contributed by atoms with van der Waals surface area (Å²) in [5, 5.41) is 21.1. The molecule has 501 valence electrons. The smallest absolute Gasteiger partial charge is 0.410 e. The van der Waals surface area contributed by atoms with Gasteiger partial charge in [0.2, 0.25) is 11.8 Å². The van der Waals surface area contributed by atoms with Crippen LogP contribution in [-0.2, 0) is 23.8 Å². The van der Waals surface area contributed by atoms with Crippen molar-refractivity contribution in [1.29, 1.82) is 0 Å². The first-order valence-corrected chi connectivity index (χ1v) is 36.2. The number of aromatic nitrogens is 5. The molecule has 3 aromatic carbocycles. The number of fused-ring (bicyclic) bond motifs is 7. The van der Waals surface area contributed by atoms with Crippen molar-refractivity contribution in [2.24, 2.45) is 11.8 Å². The van der Waals surface area contributed by atoms with Crippen LogP contribution >= 0.6 is 11.3 Å². The molecule has 25 heteroatoms. The molecule has 10 heterocycles. The third-order valence-electron chi connectivity index (χ3n) is 20.4. The van der Waals surface area contributed by atoms with Crippen LogP contribution < -0.4 is 24.4 Å². The average molecular weight is 1330 g/mol. The number of nitrogens with one attached hydrogen (secondary N) is 1. The van der Waals surface area contributed by atoms with E-state index in [0.29, 0.717) is 56.5 Å². The molecule has 1 radical (unpaired) electrons. The Morgan fingerprint density at radius 3 is 2.45 bits per heavy atom. The van der Waals surface area contributed by atoms with Gasteiger partial charge in [0.1, 0.15) is 35.7 Å². The number of piperazine rings is 1. The summed E-state index contributed by atoms with van der Waals surface area (Å²) in [4.78, 5) is 84.3. The molecular formula is C70H84N11O12SSi. The minimum atomic E-state index is -1.28. The molecule has 7 aliphatic rings. The molecule has 14 rings (SSSR count). The van der Waals surface area contributed by atoms with Gasteiger partial charge in [-0.25, -0.2) is 14.6 Å². The Bertz CT molecular complexity index is 4050. The number of carbonyl (C=O) groups excluding carboxylic acids is 4. The number of methoxy groups -OCH3 is 1. The molecule has 8 atom stereocenters. The SMILES string of the molecule is COCOc1cc2c3c(cccc3c1)C(C)c1c-2ncc2c(N3CC4CCC(C3)N4C(=O)OC(C)(C)C)nc(OC[C@@]34CCCN3[Si](COC(=O)N3CC(COc5cc([C@H](C(=O)N6C[C@H](O)C[C@H]6C(=O)N[C@@H](C)c6ccc(-c7scnc7C)cc6)C(C)C)on5)C3)CC4)nc12. The number of likely N-dealkylation sites (tertiary alicyclic amines) is 2. The fraction of sp³-hybridized carbons (Fsp3) is 0.529. The number of rotatable bonds is 19. The molecule has 23 nitrogen and oxygen atoms in total. The van der Waals surface area contributed by atoms with Crippen molar-refractivity contribution >= 4 is 71.8 Å². The van der Waals surface area contributed by atoms with E-state index in [9.17, 15) is 24.3 Å². The number of aliphatic hydroxyl groups is 1. The van der Waals surface area contributed by atoms with E-state index in [-0.39, 0.29) is 97.7 Å². The molecule has 1 aliphatic carbocycles. The number of nitrogens with zero attached hydrogens (tertiary/aromatic N) is 10. The van der Waals surface area contributed by atoms with Gasteiger partial charge in [0.25, 0.3) is 5.88 Å². The van der Waals surface area contributed by atoms with E-state index in [0.717, 1.165) is 111 Å². The van der Waals surface area contributed by atoms with E-state index in [1.807, 2.05) is 95.4 Å².